The summed E-state index contributed by atoms with van der Waals surface area (Å²) in [6.45, 7) is 3.58. The van der Waals surface area contributed by atoms with Crippen LogP contribution in [0.15, 0.2) is 43.0 Å². The Morgan fingerprint density at radius 1 is 1.54 bits per heavy atom. The first-order valence-electron chi connectivity index (χ1n) is 3.80. The van der Waals surface area contributed by atoms with Gasteiger partial charge in [-0.1, -0.05) is 24.8 Å². The van der Waals surface area contributed by atoms with Gasteiger partial charge in [0.25, 0.3) is 0 Å². The Hall–Kier alpha value is -1.46. The average molecular weight is 187 g/mol. The molecule has 64 valence electrons. The zero-order chi connectivity index (χ0) is 9.68. The van der Waals surface area contributed by atoms with Gasteiger partial charge in [0.15, 0.2) is 0 Å². The van der Waals surface area contributed by atoms with E-state index in [1.54, 1.807) is 24.3 Å². The number of hydrogen-bond donors (Lipinski definition) is 1. The number of thiol groups is 1. The van der Waals surface area contributed by atoms with Gasteiger partial charge >= 0.3 is 0 Å². The van der Waals surface area contributed by atoms with E-state index in [-0.39, 0.29) is 0 Å². The van der Waals surface area contributed by atoms with Crippen LogP contribution in [-0.2, 0) is 0 Å². The lowest BCUT2D eigenvalue weighted by Crippen LogP contribution is -1.79. The van der Waals surface area contributed by atoms with Crippen molar-refractivity contribution in [2.75, 3.05) is 0 Å². The highest BCUT2D eigenvalue weighted by atomic mass is 32.1. The van der Waals surface area contributed by atoms with E-state index >= 15 is 0 Å². The Bertz CT molecular complexity index is 385. The van der Waals surface area contributed by atoms with Crippen molar-refractivity contribution >= 4 is 17.5 Å². The summed E-state index contributed by atoms with van der Waals surface area (Å²) in [5.74, 6) is 0. The van der Waals surface area contributed by atoms with Crippen LogP contribution in [0, 0.1) is 11.3 Å². The van der Waals surface area contributed by atoms with Crippen molar-refractivity contribution in [2.45, 2.75) is 0 Å². The number of nitriles is 1. The third-order valence-electron chi connectivity index (χ3n) is 1.56. The van der Waals surface area contributed by atoms with Gasteiger partial charge in [-0.05, 0) is 23.8 Å². The molecule has 13 heavy (non-hydrogen) atoms. The molecule has 0 unspecified atom stereocenters. The van der Waals surface area contributed by atoms with Gasteiger partial charge in [0.1, 0.15) is 0 Å². The van der Waals surface area contributed by atoms with E-state index in [0.29, 0.717) is 5.56 Å². The van der Waals surface area contributed by atoms with Crippen molar-refractivity contribution in [3.8, 4) is 6.07 Å². The molecule has 0 heterocycles. The first-order valence-corrected chi connectivity index (χ1v) is 4.25. The molecule has 0 aromatic heterocycles. The van der Waals surface area contributed by atoms with Crippen molar-refractivity contribution < 1.29 is 0 Å². The Labute approximate surface area is 83.4 Å². The Morgan fingerprint density at radius 3 is 2.92 bits per heavy atom. The maximum atomic E-state index is 8.66. The van der Waals surface area contributed by atoms with Crippen LogP contribution in [0.4, 0.5) is 0 Å². The molecular weight excluding hydrogens is 178 g/mol. The Kier molecular flexibility index (Phi) is 3.36. The normalized spacial score (nSPS) is 10.6. The van der Waals surface area contributed by atoms with Crippen LogP contribution in [0.25, 0.3) is 4.91 Å². The lowest BCUT2D eigenvalue weighted by molar-refractivity contribution is 1.48. The van der Waals surface area contributed by atoms with Crippen molar-refractivity contribution in [1.82, 2.24) is 0 Å². The lowest BCUT2D eigenvalue weighted by Gasteiger charge is -1.98. The highest BCUT2D eigenvalue weighted by Gasteiger charge is 1.96. The van der Waals surface area contributed by atoms with Crippen LogP contribution in [0.5, 0.6) is 0 Å². The van der Waals surface area contributed by atoms with E-state index in [4.69, 9.17) is 5.26 Å². The SMILES string of the molecule is C=C/C=C(\S)c1cccc(C#N)c1. The number of nitrogens with zero attached hydrogens (tertiary/aromatic N) is 1. The molecule has 0 atom stereocenters. The molecule has 0 bridgehead atoms. The molecule has 0 amide bonds. The van der Waals surface area contributed by atoms with Gasteiger partial charge in [-0.2, -0.15) is 5.26 Å². The third kappa shape index (κ3) is 2.50. The second-order valence-electron chi connectivity index (χ2n) is 2.48. The Balaban J connectivity index is 3.10. The summed E-state index contributed by atoms with van der Waals surface area (Å²) in [6, 6.07) is 9.37. The standard InChI is InChI=1S/C11H9NS/c1-2-4-11(13)10-6-3-5-9(7-10)8-12/h2-7,13H,1H2/b11-4-. The molecule has 0 fully saturated rings. The smallest absolute Gasteiger partial charge is 0.0991 e. The predicted octanol–water partition coefficient (Wildman–Crippen LogP) is 3.01. The average Bonchev–Trinajstić information content (AvgIpc) is 2.18. The summed E-state index contributed by atoms with van der Waals surface area (Å²) in [4.78, 5) is 0.812. The predicted molar refractivity (Wildman–Crippen MR) is 58.3 cm³/mol. The molecular formula is C11H9NS. The summed E-state index contributed by atoms with van der Waals surface area (Å²) in [6.07, 6.45) is 3.46. The van der Waals surface area contributed by atoms with E-state index in [0.717, 1.165) is 10.5 Å². The molecule has 0 radical (unpaired) electrons. The summed E-state index contributed by atoms with van der Waals surface area (Å²) in [7, 11) is 0. The van der Waals surface area contributed by atoms with Crippen LogP contribution in [0.1, 0.15) is 11.1 Å². The molecule has 1 aromatic rings. The van der Waals surface area contributed by atoms with Crippen molar-refractivity contribution in [3.63, 3.8) is 0 Å². The van der Waals surface area contributed by atoms with Gasteiger partial charge in [0, 0.05) is 4.91 Å². The fourth-order valence-electron chi connectivity index (χ4n) is 0.956. The van der Waals surface area contributed by atoms with E-state index in [1.165, 1.54) is 0 Å². The third-order valence-corrected chi connectivity index (χ3v) is 1.97. The van der Waals surface area contributed by atoms with Crippen LogP contribution in [0.2, 0.25) is 0 Å². The zero-order valence-electron chi connectivity index (χ0n) is 7.07. The van der Waals surface area contributed by atoms with E-state index in [1.807, 2.05) is 12.1 Å². The first-order chi connectivity index (χ1) is 6.27. The van der Waals surface area contributed by atoms with Gasteiger partial charge < -0.3 is 0 Å². The van der Waals surface area contributed by atoms with Crippen molar-refractivity contribution in [2.24, 2.45) is 0 Å². The van der Waals surface area contributed by atoms with Gasteiger partial charge in [0.2, 0.25) is 0 Å². The van der Waals surface area contributed by atoms with E-state index in [2.05, 4.69) is 25.3 Å². The Morgan fingerprint density at radius 2 is 2.31 bits per heavy atom. The van der Waals surface area contributed by atoms with Gasteiger partial charge in [-0.15, -0.1) is 12.6 Å². The fourth-order valence-corrected chi connectivity index (χ4v) is 1.20. The van der Waals surface area contributed by atoms with Crippen LogP contribution >= 0.6 is 12.6 Å². The number of benzene rings is 1. The number of hydrogen-bond acceptors (Lipinski definition) is 2. The van der Waals surface area contributed by atoms with Crippen molar-refractivity contribution in [3.05, 3.63) is 54.1 Å². The van der Waals surface area contributed by atoms with Crippen LogP contribution in [-0.4, -0.2) is 0 Å². The largest absolute Gasteiger partial charge is 0.192 e. The molecule has 0 spiro atoms. The zero-order valence-corrected chi connectivity index (χ0v) is 7.96. The maximum absolute atomic E-state index is 8.66. The molecule has 0 saturated carbocycles. The van der Waals surface area contributed by atoms with E-state index in [9.17, 15) is 0 Å². The van der Waals surface area contributed by atoms with Gasteiger partial charge in [-0.3, -0.25) is 0 Å². The molecule has 1 nitrogen and oxygen atoms in total. The summed E-state index contributed by atoms with van der Waals surface area (Å²) >= 11 is 4.27. The lowest BCUT2D eigenvalue weighted by atomic mass is 10.1. The van der Waals surface area contributed by atoms with Crippen LogP contribution in [0.3, 0.4) is 0 Å². The topological polar surface area (TPSA) is 23.8 Å². The number of allylic oxidation sites excluding steroid dienone is 2. The maximum Gasteiger partial charge on any atom is 0.0991 e. The monoisotopic (exact) mass is 187 g/mol. The molecule has 2 heteroatoms. The quantitative estimate of drug-likeness (QED) is 0.558. The highest BCUT2D eigenvalue weighted by molar-refractivity contribution is 7.90. The van der Waals surface area contributed by atoms with E-state index < -0.39 is 0 Å². The summed E-state index contributed by atoms with van der Waals surface area (Å²) < 4.78 is 0. The van der Waals surface area contributed by atoms with Crippen molar-refractivity contribution in [1.29, 1.82) is 5.26 Å². The molecule has 1 aromatic carbocycles. The highest BCUT2D eigenvalue weighted by Crippen LogP contribution is 2.18. The molecule has 0 saturated heterocycles. The second kappa shape index (κ2) is 4.54. The molecule has 0 aliphatic carbocycles. The summed E-state index contributed by atoms with van der Waals surface area (Å²) in [5.41, 5.74) is 1.57. The molecule has 0 N–H and O–H groups in total. The second-order valence-corrected chi connectivity index (χ2v) is 2.96. The first kappa shape index (κ1) is 9.63. The molecule has 0 aliphatic rings. The molecule has 0 aliphatic heterocycles. The minimum atomic E-state index is 0.640. The molecule has 1 rings (SSSR count). The minimum Gasteiger partial charge on any atom is -0.192 e. The van der Waals surface area contributed by atoms with Crippen LogP contribution < -0.4 is 0 Å². The van der Waals surface area contributed by atoms with Gasteiger partial charge in [-0.25, -0.2) is 0 Å². The number of rotatable bonds is 2. The fraction of sp³-hybridized carbons (Fsp3) is 0. The minimum absolute atomic E-state index is 0.640. The van der Waals surface area contributed by atoms with Gasteiger partial charge in [0.05, 0.1) is 11.6 Å². The summed E-state index contributed by atoms with van der Waals surface area (Å²) in [5, 5.41) is 8.66.